The van der Waals surface area contributed by atoms with Crippen LogP contribution in [-0.4, -0.2) is 23.4 Å². The van der Waals surface area contributed by atoms with E-state index in [0.717, 1.165) is 20.9 Å². The van der Waals surface area contributed by atoms with Gasteiger partial charge in [-0.15, -0.1) is 0 Å². The molecule has 0 bridgehead atoms. The fourth-order valence-corrected chi connectivity index (χ4v) is 3.35. The first-order valence-electron chi connectivity index (χ1n) is 6.38. The molecule has 5 nitrogen and oxygen atoms in total. The minimum atomic E-state index is 0.138. The highest BCUT2D eigenvalue weighted by molar-refractivity contribution is 14.1. The molecule has 0 radical (unpaired) electrons. The van der Waals surface area contributed by atoms with Crippen LogP contribution in [0.5, 0.6) is 11.5 Å². The number of benzene rings is 2. The van der Waals surface area contributed by atoms with Crippen LogP contribution in [0.1, 0.15) is 5.56 Å². The topological polar surface area (TPSA) is 66.7 Å². The third-order valence-electron chi connectivity index (χ3n) is 2.94. The van der Waals surface area contributed by atoms with Crippen molar-refractivity contribution in [2.75, 3.05) is 12.5 Å². The van der Waals surface area contributed by atoms with Crippen molar-refractivity contribution in [3.63, 3.8) is 0 Å². The highest BCUT2D eigenvalue weighted by Gasteiger charge is 2.07. The van der Waals surface area contributed by atoms with Gasteiger partial charge < -0.3 is 9.84 Å². The average molecular weight is 425 g/mol. The summed E-state index contributed by atoms with van der Waals surface area (Å²) in [4.78, 5) is 4.44. The summed E-state index contributed by atoms with van der Waals surface area (Å²) in [6.07, 6.45) is 1.66. The largest absolute Gasteiger partial charge is 0.504 e. The summed E-state index contributed by atoms with van der Waals surface area (Å²) in [5.74, 6) is 0.563. The van der Waals surface area contributed by atoms with Crippen molar-refractivity contribution in [1.29, 1.82) is 0 Å². The van der Waals surface area contributed by atoms with Gasteiger partial charge >= 0.3 is 0 Å². The summed E-state index contributed by atoms with van der Waals surface area (Å²) in [5, 5.41) is 14.7. The van der Waals surface area contributed by atoms with Gasteiger partial charge in [0.25, 0.3) is 0 Å². The zero-order valence-corrected chi connectivity index (χ0v) is 14.6. The van der Waals surface area contributed by atoms with Gasteiger partial charge in [-0.25, -0.2) is 4.98 Å². The lowest BCUT2D eigenvalue weighted by Gasteiger charge is -2.06. The minimum Gasteiger partial charge on any atom is -0.504 e. The molecular weight excluding hydrogens is 413 g/mol. The van der Waals surface area contributed by atoms with E-state index in [1.807, 2.05) is 52.9 Å². The zero-order chi connectivity index (χ0) is 15.5. The third kappa shape index (κ3) is 3.14. The van der Waals surface area contributed by atoms with E-state index in [0.29, 0.717) is 9.32 Å². The highest BCUT2D eigenvalue weighted by Crippen LogP contribution is 2.32. The lowest BCUT2D eigenvalue weighted by molar-refractivity contribution is 0.371. The Morgan fingerprint density at radius 2 is 2.18 bits per heavy atom. The number of aromatic hydroxyl groups is 1. The smallest absolute Gasteiger partial charge is 0.204 e. The molecule has 0 aliphatic rings. The van der Waals surface area contributed by atoms with Crippen molar-refractivity contribution < 1.29 is 9.84 Å². The van der Waals surface area contributed by atoms with Crippen molar-refractivity contribution in [2.24, 2.45) is 5.10 Å². The Kier molecular flexibility index (Phi) is 4.44. The lowest BCUT2D eigenvalue weighted by Crippen LogP contribution is -1.93. The van der Waals surface area contributed by atoms with Gasteiger partial charge in [0.1, 0.15) is 0 Å². The van der Waals surface area contributed by atoms with Crippen LogP contribution in [0.25, 0.3) is 10.2 Å². The Morgan fingerprint density at radius 3 is 2.95 bits per heavy atom. The second-order valence-electron chi connectivity index (χ2n) is 4.41. The quantitative estimate of drug-likeness (QED) is 0.376. The molecule has 0 saturated carbocycles. The van der Waals surface area contributed by atoms with Crippen molar-refractivity contribution in [1.82, 2.24) is 4.98 Å². The maximum atomic E-state index is 9.81. The maximum absolute atomic E-state index is 9.81. The summed E-state index contributed by atoms with van der Waals surface area (Å²) in [6.45, 7) is 0. The number of thiazole rings is 1. The van der Waals surface area contributed by atoms with Crippen LogP contribution >= 0.6 is 33.9 Å². The summed E-state index contributed by atoms with van der Waals surface area (Å²) in [5.41, 5.74) is 4.70. The van der Waals surface area contributed by atoms with Crippen LogP contribution < -0.4 is 10.2 Å². The van der Waals surface area contributed by atoms with E-state index in [2.05, 4.69) is 15.5 Å². The molecule has 112 valence electrons. The number of halogens is 1. The van der Waals surface area contributed by atoms with Crippen LogP contribution in [0, 0.1) is 3.57 Å². The van der Waals surface area contributed by atoms with E-state index < -0.39 is 0 Å². The number of phenols is 1. The molecule has 2 N–H and O–H groups in total. The second-order valence-corrected chi connectivity index (χ2v) is 6.60. The summed E-state index contributed by atoms with van der Waals surface area (Å²) < 4.78 is 6.94. The van der Waals surface area contributed by atoms with E-state index >= 15 is 0 Å². The summed E-state index contributed by atoms with van der Waals surface area (Å²) in [6, 6.07) is 11.5. The number of hydrazone groups is 1. The molecule has 1 aromatic heterocycles. The Labute approximate surface area is 144 Å². The highest BCUT2D eigenvalue weighted by atomic mass is 127. The Hall–Kier alpha value is -1.87. The fourth-order valence-electron chi connectivity index (χ4n) is 1.91. The fraction of sp³-hybridized carbons (Fsp3) is 0.0667. The number of methoxy groups -OCH3 is 1. The zero-order valence-electron chi connectivity index (χ0n) is 11.6. The molecular formula is C15H12IN3O2S. The number of fused-ring (bicyclic) bond motifs is 1. The number of para-hydroxylation sites is 1. The minimum absolute atomic E-state index is 0.138. The van der Waals surface area contributed by atoms with Crippen LogP contribution in [0.4, 0.5) is 5.13 Å². The van der Waals surface area contributed by atoms with Gasteiger partial charge in [-0.3, -0.25) is 5.43 Å². The number of nitrogens with one attached hydrogen (secondary N) is 1. The summed E-state index contributed by atoms with van der Waals surface area (Å²) in [7, 11) is 1.52. The molecule has 3 rings (SSSR count). The number of ether oxygens (including phenoxy) is 1. The van der Waals surface area contributed by atoms with Crippen molar-refractivity contribution in [3.8, 4) is 11.5 Å². The molecule has 2 aromatic carbocycles. The first kappa shape index (κ1) is 15.0. The number of aromatic nitrogens is 1. The van der Waals surface area contributed by atoms with Gasteiger partial charge in [-0.1, -0.05) is 23.5 Å². The van der Waals surface area contributed by atoms with Gasteiger partial charge in [0.05, 0.1) is 27.1 Å². The lowest BCUT2D eigenvalue weighted by atomic mass is 10.2. The van der Waals surface area contributed by atoms with E-state index in [4.69, 9.17) is 4.74 Å². The molecule has 0 spiro atoms. The molecule has 0 saturated heterocycles. The molecule has 22 heavy (non-hydrogen) atoms. The van der Waals surface area contributed by atoms with E-state index in [1.165, 1.54) is 7.11 Å². The molecule has 7 heteroatoms. The molecule has 0 unspecified atom stereocenters. The monoisotopic (exact) mass is 425 g/mol. The predicted molar refractivity (Wildman–Crippen MR) is 98.2 cm³/mol. The Bertz CT molecular complexity index is 815. The molecule has 3 aromatic rings. The Morgan fingerprint density at radius 1 is 1.36 bits per heavy atom. The SMILES string of the molecule is COc1cc(/C=N\Nc2nc3ccccc3s2)cc(I)c1O. The van der Waals surface area contributed by atoms with Crippen molar-refractivity contribution in [3.05, 3.63) is 45.5 Å². The van der Waals surface area contributed by atoms with E-state index in [1.54, 1.807) is 23.6 Å². The predicted octanol–water partition coefficient (Wildman–Crippen LogP) is 4.06. The van der Waals surface area contributed by atoms with Gasteiger partial charge in [0.2, 0.25) is 5.13 Å². The first-order chi connectivity index (χ1) is 10.7. The van der Waals surface area contributed by atoms with Crippen LogP contribution in [-0.2, 0) is 0 Å². The molecule has 0 atom stereocenters. The van der Waals surface area contributed by atoms with Crippen molar-refractivity contribution >= 4 is 55.5 Å². The van der Waals surface area contributed by atoms with Crippen LogP contribution in [0.3, 0.4) is 0 Å². The molecule has 0 aliphatic heterocycles. The molecule has 0 aliphatic carbocycles. The number of hydrogen-bond acceptors (Lipinski definition) is 6. The number of rotatable bonds is 4. The summed E-state index contributed by atoms with van der Waals surface area (Å²) >= 11 is 3.59. The molecule has 0 amide bonds. The molecule has 0 fully saturated rings. The number of hydrogen-bond donors (Lipinski definition) is 2. The van der Waals surface area contributed by atoms with E-state index in [-0.39, 0.29) is 5.75 Å². The second kappa shape index (κ2) is 6.49. The van der Waals surface area contributed by atoms with Gasteiger partial charge in [0, 0.05) is 0 Å². The van der Waals surface area contributed by atoms with Gasteiger partial charge in [-0.05, 0) is 52.4 Å². The number of anilines is 1. The Balaban J connectivity index is 1.78. The average Bonchev–Trinajstić information content (AvgIpc) is 2.93. The molecule has 1 heterocycles. The van der Waals surface area contributed by atoms with Crippen molar-refractivity contribution in [2.45, 2.75) is 0 Å². The number of nitrogens with zero attached hydrogens (tertiary/aromatic N) is 2. The third-order valence-corrected chi connectivity index (χ3v) is 4.70. The first-order valence-corrected chi connectivity index (χ1v) is 8.28. The van der Waals surface area contributed by atoms with Gasteiger partial charge in [0.15, 0.2) is 11.5 Å². The standard InChI is InChI=1S/C15H12IN3O2S/c1-21-12-7-9(6-10(16)14(12)20)8-17-19-15-18-11-4-2-3-5-13(11)22-15/h2-8,20H,1H3,(H,18,19)/b17-8-. The van der Waals surface area contributed by atoms with Gasteiger partial charge in [-0.2, -0.15) is 5.10 Å². The normalized spacial score (nSPS) is 11.2. The van der Waals surface area contributed by atoms with E-state index in [9.17, 15) is 5.11 Å². The number of phenolic OH excluding ortho intramolecular Hbond substituents is 1. The maximum Gasteiger partial charge on any atom is 0.204 e. The van der Waals surface area contributed by atoms with Crippen LogP contribution in [0.2, 0.25) is 0 Å². The van der Waals surface area contributed by atoms with Crippen LogP contribution in [0.15, 0.2) is 41.5 Å².